The largest absolute Gasteiger partial charge is 0.456 e. The first-order valence-corrected chi connectivity index (χ1v) is 21.1. The molecule has 0 amide bonds. The highest BCUT2D eigenvalue weighted by molar-refractivity contribution is 6.22. The third kappa shape index (κ3) is 4.85. The Kier molecular flexibility index (Phi) is 7.26. The van der Waals surface area contributed by atoms with E-state index in [2.05, 4.69) is 223 Å². The van der Waals surface area contributed by atoms with E-state index in [1.807, 2.05) is 6.07 Å². The van der Waals surface area contributed by atoms with Gasteiger partial charge in [-0.1, -0.05) is 176 Å². The van der Waals surface area contributed by atoms with Gasteiger partial charge in [0.15, 0.2) is 0 Å². The molecule has 10 aromatic carbocycles. The Balaban J connectivity index is 1.08. The quantitative estimate of drug-likeness (QED) is 0.173. The van der Waals surface area contributed by atoms with Crippen LogP contribution in [0.3, 0.4) is 0 Å². The number of benzene rings is 10. The van der Waals surface area contributed by atoms with Gasteiger partial charge in [0, 0.05) is 27.8 Å². The second kappa shape index (κ2) is 13.0. The van der Waals surface area contributed by atoms with Crippen molar-refractivity contribution in [2.75, 3.05) is 4.90 Å². The van der Waals surface area contributed by atoms with Gasteiger partial charge in [-0.05, 0) is 126 Å². The molecule has 1 spiro atoms. The van der Waals surface area contributed by atoms with Crippen molar-refractivity contribution in [3.05, 3.63) is 247 Å². The summed E-state index contributed by atoms with van der Waals surface area (Å²) in [7, 11) is 0. The van der Waals surface area contributed by atoms with E-state index in [0.717, 1.165) is 50.1 Å². The maximum Gasteiger partial charge on any atom is 0.136 e. The Morgan fingerprint density at radius 3 is 1.48 bits per heavy atom. The molecule has 0 aliphatic heterocycles. The topological polar surface area (TPSA) is 16.4 Å². The SMILES string of the molecule is c1ccc(-c2ccc(N(c3ccc4c(c3)C3(c5ccccc5-c5ccccc53)c3ccccc3-4)c3ccc4c(c3)c(-c3ccccc3)cc3oc5ccccc5c34)cc2)cc1. The highest BCUT2D eigenvalue weighted by Crippen LogP contribution is 2.63. The van der Waals surface area contributed by atoms with Crippen LogP contribution in [0.25, 0.3) is 77.2 Å². The number of hydrogen-bond acceptors (Lipinski definition) is 2. The minimum atomic E-state index is -0.449. The molecule has 0 fully saturated rings. The average Bonchev–Trinajstić information content (AvgIpc) is 3.96. The number of furan rings is 1. The summed E-state index contributed by atoms with van der Waals surface area (Å²) in [6, 6.07) is 82.3. The molecule has 61 heavy (non-hydrogen) atoms. The van der Waals surface area contributed by atoms with Crippen molar-refractivity contribution < 1.29 is 4.42 Å². The summed E-state index contributed by atoms with van der Waals surface area (Å²) in [5, 5.41) is 4.62. The molecule has 0 saturated carbocycles. The molecule has 0 unspecified atom stereocenters. The summed E-state index contributed by atoms with van der Waals surface area (Å²) >= 11 is 0. The van der Waals surface area contributed by atoms with E-state index in [0.29, 0.717) is 0 Å². The molecule has 0 N–H and O–H groups in total. The lowest BCUT2D eigenvalue weighted by atomic mass is 9.70. The molecule has 2 aliphatic carbocycles. The van der Waals surface area contributed by atoms with Gasteiger partial charge in [0.2, 0.25) is 0 Å². The Bertz CT molecular complexity index is 3460. The van der Waals surface area contributed by atoms with Crippen LogP contribution in [0, 0.1) is 0 Å². The molecule has 13 rings (SSSR count). The standard InChI is InChI=1S/C59H37NO/c1-3-15-38(16-4-1)39-27-29-41(30-28-39)60(42-32-34-48-51(35-42)50(40-17-5-2-6-18-40)37-57-58(48)49-22-10-14-26-56(49)61-57)43-31-33-47-46-21-9-13-25-54(46)59(55(47)36-43)52-23-11-7-19-44(52)45-20-8-12-24-53(45)59/h1-37H. The van der Waals surface area contributed by atoms with Crippen LogP contribution in [0.5, 0.6) is 0 Å². The summed E-state index contributed by atoms with van der Waals surface area (Å²) in [6.07, 6.45) is 0. The summed E-state index contributed by atoms with van der Waals surface area (Å²) in [6.45, 7) is 0. The van der Waals surface area contributed by atoms with E-state index in [1.54, 1.807) is 0 Å². The first-order chi connectivity index (χ1) is 30.3. The maximum atomic E-state index is 6.54. The highest BCUT2D eigenvalue weighted by Gasteiger charge is 2.51. The molecule has 1 aromatic heterocycles. The van der Waals surface area contributed by atoms with Gasteiger partial charge in [-0.15, -0.1) is 0 Å². The van der Waals surface area contributed by atoms with E-state index >= 15 is 0 Å². The average molecular weight is 776 g/mol. The van der Waals surface area contributed by atoms with Crippen molar-refractivity contribution in [3.8, 4) is 44.5 Å². The molecular formula is C59H37NO. The van der Waals surface area contributed by atoms with Gasteiger partial charge >= 0.3 is 0 Å². The third-order valence-electron chi connectivity index (χ3n) is 13.3. The number of anilines is 3. The van der Waals surface area contributed by atoms with Crippen LogP contribution in [0.2, 0.25) is 0 Å². The van der Waals surface area contributed by atoms with Gasteiger partial charge in [0.1, 0.15) is 11.2 Å². The van der Waals surface area contributed by atoms with E-state index in [4.69, 9.17) is 4.42 Å². The number of fused-ring (bicyclic) bond motifs is 15. The minimum Gasteiger partial charge on any atom is -0.456 e. The molecule has 2 nitrogen and oxygen atoms in total. The Morgan fingerprint density at radius 1 is 0.295 bits per heavy atom. The van der Waals surface area contributed by atoms with Crippen molar-refractivity contribution in [2.45, 2.75) is 5.41 Å². The van der Waals surface area contributed by atoms with Crippen molar-refractivity contribution in [1.82, 2.24) is 0 Å². The van der Waals surface area contributed by atoms with Crippen molar-refractivity contribution >= 4 is 49.8 Å². The van der Waals surface area contributed by atoms with E-state index in [-0.39, 0.29) is 0 Å². The van der Waals surface area contributed by atoms with Gasteiger partial charge in [0.25, 0.3) is 0 Å². The van der Waals surface area contributed by atoms with E-state index in [9.17, 15) is 0 Å². The zero-order valence-electron chi connectivity index (χ0n) is 33.2. The molecule has 2 aliphatic rings. The van der Waals surface area contributed by atoms with Crippen LogP contribution in [-0.4, -0.2) is 0 Å². The predicted molar refractivity (Wildman–Crippen MR) is 253 cm³/mol. The highest BCUT2D eigenvalue weighted by atomic mass is 16.3. The molecule has 0 radical (unpaired) electrons. The number of nitrogens with zero attached hydrogens (tertiary/aromatic N) is 1. The Hall–Kier alpha value is -7.94. The molecule has 284 valence electrons. The maximum absolute atomic E-state index is 6.54. The van der Waals surface area contributed by atoms with Crippen LogP contribution >= 0.6 is 0 Å². The van der Waals surface area contributed by atoms with Gasteiger partial charge < -0.3 is 9.32 Å². The normalized spacial score (nSPS) is 13.0. The van der Waals surface area contributed by atoms with Gasteiger partial charge in [0.05, 0.1) is 5.41 Å². The van der Waals surface area contributed by atoms with Gasteiger partial charge in [-0.3, -0.25) is 0 Å². The fourth-order valence-corrected chi connectivity index (χ4v) is 10.7. The Morgan fingerprint density at radius 2 is 0.803 bits per heavy atom. The number of hydrogen-bond donors (Lipinski definition) is 0. The summed E-state index contributed by atoms with van der Waals surface area (Å²) in [5.41, 5.74) is 19.8. The Labute approximate surface area is 354 Å². The molecule has 1 heterocycles. The zero-order chi connectivity index (χ0) is 40.1. The molecular weight excluding hydrogens is 739 g/mol. The van der Waals surface area contributed by atoms with Crippen molar-refractivity contribution in [3.63, 3.8) is 0 Å². The lowest BCUT2D eigenvalue weighted by Gasteiger charge is -2.32. The van der Waals surface area contributed by atoms with Crippen molar-refractivity contribution in [2.24, 2.45) is 0 Å². The zero-order valence-corrected chi connectivity index (χ0v) is 33.2. The summed E-state index contributed by atoms with van der Waals surface area (Å²) < 4.78 is 6.54. The fourth-order valence-electron chi connectivity index (χ4n) is 10.7. The lowest BCUT2D eigenvalue weighted by molar-refractivity contribution is 0.669. The molecule has 0 atom stereocenters. The van der Waals surface area contributed by atoms with Crippen LogP contribution in [0.1, 0.15) is 22.3 Å². The number of rotatable bonds is 5. The first-order valence-electron chi connectivity index (χ1n) is 21.1. The molecule has 0 bridgehead atoms. The lowest BCUT2D eigenvalue weighted by Crippen LogP contribution is -2.26. The molecule has 2 heteroatoms. The van der Waals surface area contributed by atoms with Crippen LogP contribution in [-0.2, 0) is 5.41 Å². The monoisotopic (exact) mass is 775 g/mol. The second-order valence-corrected chi connectivity index (χ2v) is 16.4. The summed E-state index contributed by atoms with van der Waals surface area (Å²) in [5.74, 6) is 0. The second-order valence-electron chi connectivity index (χ2n) is 16.4. The van der Waals surface area contributed by atoms with E-state index in [1.165, 1.54) is 66.4 Å². The van der Waals surface area contributed by atoms with Crippen LogP contribution < -0.4 is 4.90 Å². The van der Waals surface area contributed by atoms with Gasteiger partial charge in [-0.25, -0.2) is 0 Å². The van der Waals surface area contributed by atoms with Crippen LogP contribution in [0.4, 0.5) is 17.1 Å². The molecule has 0 saturated heterocycles. The van der Waals surface area contributed by atoms with Crippen LogP contribution in [0.15, 0.2) is 229 Å². The minimum absolute atomic E-state index is 0.449. The third-order valence-corrected chi connectivity index (χ3v) is 13.3. The van der Waals surface area contributed by atoms with Gasteiger partial charge in [-0.2, -0.15) is 0 Å². The number of para-hydroxylation sites is 1. The molecule has 11 aromatic rings. The fraction of sp³-hybridized carbons (Fsp3) is 0.0169. The smallest absolute Gasteiger partial charge is 0.136 e. The van der Waals surface area contributed by atoms with E-state index < -0.39 is 5.41 Å². The first kappa shape index (κ1) is 34.0. The van der Waals surface area contributed by atoms with Crippen molar-refractivity contribution in [1.29, 1.82) is 0 Å². The predicted octanol–water partition coefficient (Wildman–Crippen LogP) is 15.9. The summed E-state index contributed by atoms with van der Waals surface area (Å²) in [4.78, 5) is 2.45.